The van der Waals surface area contributed by atoms with E-state index >= 15 is 0 Å². The van der Waals surface area contributed by atoms with E-state index in [1.54, 1.807) is 21.3 Å². The second-order valence-electron chi connectivity index (χ2n) is 8.04. The Labute approximate surface area is 186 Å². The van der Waals surface area contributed by atoms with Crippen molar-refractivity contribution in [2.45, 2.75) is 96.0 Å². The smallest absolute Gasteiger partial charge is 0.479 e. The maximum atomic E-state index is 12.0. The summed E-state index contributed by atoms with van der Waals surface area (Å²) >= 11 is 0. The molecule has 1 atom stereocenters. The molecule has 30 heavy (non-hydrogen) atoms. The first kappa shape index (κ1) is 29.7. The van der Waals surface area contributed by atoms with E-state index in [1.807, 2.05) is 0 Å². The monoisotopic (exact) mass is 465 g/mol. The molecule has 0 saturated heterocycles. The van der Waals surface area contributed by atoms with Crippen LogP contribution in [0.15, 0.2) is 0 Å². The third kappa shape index (κ3) is 11.4. The fourth-order valence-electron chi connectivity index (χ4n) is 3.75. The van der Waals surface area contributed by atoms with E-state index in [9.17, 15) is 9.90 Å². The molecule has 0 aromatic rings. The summed E-state index contributed by atoms with van der Waals surface area (Å²) in [4.78, 5) is 12.0. The van der Waals surface area contributed by atoms with Gasteiger partial charge in [0.05, 0.1) is 0 Å². The van der Waals surface area contributed by atoms with Crippen molar-refractivity contribution in [3.05, 3.63) is 0 Å². The lowest BCUT2D eigenvalue weighted by molar-refractivity contribution is -0.145. The molecule has 0 aromatic carbocycles. The summed E-state index contributed by atoms with van der Waals surface area (Å²) in [6, 6.07) is 3.88. The van der Waals surface area contributed by atoms with Gasteiger partial charge in [0, 0.05) is 33.9 Å². The molecule has 7 nitrogen and oxygen atoms in total. The second kappa shape index (κ2) is 17.3. The summed E-state index contributed by atoms with van der Waals surface area (Å²) in [6.45, 7) is 7.58. The second-order valence-corrected chi connectivity index (χ2v) is 15.2. The minimum Gasteiger partial charge on any atom is -0.479 e. The van der Waals surface area contributed by atoms with Crippen molar-refractivity contribution in [2.24, 2.45) is 0 Å². The molecule has 0 aliphatic heterocycles. The molecular weight excluding hydrogens is 418 g/mol. The lowest BCUT2D eigenvalue weighted by Gasteiger charge is -2.35. The van der Waals surface area contributed by atoms with Crippen LogP contribution in [0.5, 0.6) is 0 Å². The number of hydrogen-bond acceptors (Lipinski definition) is 6. The van der Waals surface area contributed by atoms with Crippen LogP contribution in [0.25, 0.3) is 0 Å². The van der Waals surface area contributed by atoms with Crippen molar-refractivity contribution >= 4 is 23.1 Å². The molecule has 0 aromatic heterocycles. The Morgan fingerprint density at radius 3 is 1.67 bits per heavy atom. The largest absolute Gasteiger partial charge is 0.500 e. The number of rotatable bonds is 21. The molecule has 0 rings (SSSR count). The molecule has 2 N–H and O–H groups in total. The fraction of sp³-hybridized carbons (Fsp3) is 0.952. The number of nitrogens with one attached hydrogen (secondary N) is 1. The van der Waals surface area contributed by atoms with Crippen LogP contribution in [-0.2, 0) is 22.5 Å². The van der Waals surface area contributed by atoms with Gasteiger partial charge in [0.1, 0.15) is 0 Å². The van der Waals surface area contributed by atoms with Gasteiger partial charge in [-0.3, -0.25) is 0 Å². The zero-order valence-corrected chi connectivity index (χ0v) is 22.3. The highest BCUT2D eigenvalue weighted by Crippen LogP contribution is 2.31. The van der Waals surface area contributed by atoms with E-state index < -0.39 is 29.2 Å². The lowest BCUT2D eigenvalue weighted by atomic mass is 10.3. The molecular formula is C21H47NO6Si2. The first-order valence-corrected chi connectivity index (χ1v) is 16.1. The zero-order valence-electron chi connectivity index (χ0n) is 20.3. The topological polar surface area (TPSA) is 86.3 Å². The van der Waals surface area contributed by atoms with Crippen LogP contribution in [0, 0.1) is 0 Å². The Morgan fingerprint density at radius 2 is 1.30 bits per heavy atom. The van der Waals surface area contributed by atoms with Gasteiger partial charge in [-0.25, -0.2) is 4.79 Å². The minimum atomic E-state index is -2.58. The number of carboxylic acid groups (broad SMARTS) is 1. The van der Waals surface area contributed by atoms with Crippen LogP contribution < -0.4 is 5.32 Å². The van der Waals surface area contributed by atoms with E-state index in [-0.39, 0.29) is 0 Å². The van der Waals surface area contributed by atoms with E-state index in [1.165, 1.54) is 0 Å². The van der Waals surface area contributed by atoms with Gasteiger partial charge in [-0.05, 0) is 31.1 Å². The molecule has 0 aliphatic carbocycles. The van der Waals surface area contributed by atoms with Crippen LogP contribution in [0.3, 0.4) is 0 Å². The van der Waals surface area contributed by atoms with Gasteiger partial charge in [-0.15, -0.1) is 0 Å². The predicted octanol–water partition coefficient (Wildman–Crippen LogP) is 4.66. The highest BCUT2D eigenvalue weighted by atomic mass is 28.4. The zero-order chi connectivity index (χ0) is 22.9. The van der Waals surface area contributed by atoms with Crippen LogP contribution >= 0.6 is 0 Å². The first-order chi connectivity index (χ1) is 14.4. The van der Waals surface area contributed by atoms with Crippen LogP contribution in [0.1, 0.15) is 65.7 Å². The quantitative estimate of drug-likeness (QED) is 0.188. The summed E-state index contributed by atoms with van der Waals surface area (Å²) in [5.74, 6) is -0.863. The Bertz CT molecular complexity index is 408. The molecule has 0 saturated carbocycles. The van der Waals surface area contributed by atoms with Crippen molar-refractivity contribution < 1.29 is 27.6 Å². The Balaban J connectivity index is 4.93. The molecule has 1 unspecified atom stereocenters. The van der Waals surface area contributed by atoms with Crippen molar-refractivity contribution in [1.29, 1.82) is 0 Å². The molecule has 180 valence electrons. The average Bonchev–Trinajstić information content (AvgIpc) is 2.76. The highest BCUT2D eigenvalue weighted by Gasteiger charge is 2.38. The molecule has 0 amide bonds. The van der Waals surface area contributed by atoms with Gasteiger partial charge < -0.3 is 28.1 Å². The van der Waals surface area contributed by atoms with Gasteiger partial charge in [-0.2, -0.15) is 0 Å². The van der Waals surface area contributed by atoms with Crippen molar-refractivity contribution in [3.8, 4) is 0 Å². The average molecular weight is 466 g/mol. The van der Waals surface area contributed by atoms with Crippen LogP contribution in [0.2, 0.25) is 24.2 Å². The minimum absolute atomic E-state index is 0.329. The SMILES string of the molecule is CCCC[Si](CCCC)(CCCC)OC(CNCCC[Si](OC)(OC)OC)C(=O)O. The van der Waals surface area contributed by atoms with Gasteiger partial charge in [0.25, 0.3) is 0 Å². The van der Waals surface area contributed by atoms with E-state index in [2.05, 4.69) is 26.1 Å². The van der Waals surface area contributed by atoms with Gasteiger partial charge >= 0.3 is 14.8 Å². The molecule has 9 heteroatoms. The van der Waals surface area contributed by atoms with Crippen LogP contribution in [-0.4, -0.2) is 68.7 Å². The maximum absolute atomic E-state index is 12.0. The summed E-state index contributed by atoms with van der Waals surface area (Å²) in [5, 5.41) is 13.1. The van der Waals surface area contributed by atoms with Crippen molar-refractivity contribution in [3.63, 3.8) is 0 Å². The predicted molar refractivity (Wildman–Crippen MR) is 126 cm³/mol. The van der Waals surface area contributed by atoms with E-state index in [0.717, 1.165) is 63.1 Å². The van der Waals surface area contributed by atoms with Gasteiger partial charge in [0.2, 0.25) is 0 Å². The highest BCUT2D eigenvalue weighted by molar-refractivity contribution is 6.74. The van der Waals surface area contributed by atoms with Crippen molar-refractivity contribution in [2.75, 3.05) is 34.4 Å². The Morgan fingerprint density at radius 1 is 0.833 bits per heavy atom. The first-order valence-electron chi connectivity index (χ1n) is 11.6. The summed E-state index contributed by atoms with van der Waals surface area (Å²) in [6.07, 6.45) is 6.74. The van der Waals surface area contributed by atoms with Gasteiger partial charge in [0.15, 0.2) is 14.4 Å². The normalized spacial score (nSPS) is 13.5. The number of unbranched alkanes of at least 4 members (excludes halogenated alkanes) is 3. The third-order valence-electron chi connectivity index (χ3n) is 5.72. The summed E-state index contributed by atoms with van der Waals surface area (Å²) in [7, 11) is 0.161. The third-order valence-corrected chi connectivity index (χ3v) is 13.1. The van der Waals surface area contributed by atoms with Crippen LogP contribution in [0.4, 0.5) is 0 Å². The number of hydrogen-bond donors (Lipinski definition) is 2. The standard InChI is InChI=1S/C21H47NO6Si2/c1-7-10-15-29(16-11-8-2,17-12-9-3)28-20(21(23)24)19-22-14-13-18-30(25-4,26-5)27-6/h20,22H,7-19H2,1-6H3,(H,23,24). The lowest BCUT2D eigenvalue weighted by Crippen LogP contribution is -2.48. The molecule has 0 heterocycles. The summed E-state index contributed by atoms with van der Waals surface area (Å²) in [5.41, 5.74) is 0. The number of carbonyl (C=O) groups is 1. The van der Waals surface area contributed by atoms with Crippen molar-refractivity contribution in [1.82, 2.24) is 5.32 Å². The molecule has 0 fully saturated rings. The molecule has 0 radical (unpaired) electrons. The molecule has 0 spiro atoms. The number of carboxylic acids is 1. The van der Waals surface area contributed by atoms with Gasteiger partial charge in [-0.1, -0.05) is 59.3 Å². The number of aliphatic carboxylic acids is 1. The molecule has 0 bridgehead atoms. The summed E-state index contributed by atoms with van der Waals surface area (Å²) < 4.78 is 22.8. The maximum Gasteiger partial charge on any atom is 0.500 e. The Hall–Kier alpha value is -0.296. The van der Waals surface area contributed by atoms with E-state index in [4.69, 9.17) is 17.7 Å². The van der Waals surface area contributed by atoms with E-state index in [0.29, 0.717) is 19.1 Å². The fourth-order valence-corrected chi connectivity index (χ4v) is 10.4. The molecule has 0 aliphatic rings. The Kier molecular flexibility index (Phi) is 17.1.